The quantitative estimate of drug-likeness (QED) is 0.784. The number of benzene rings is 1. The topological polar surface area (TPSA) is 20.2 Å². The molecule has 0 aliphatic rings. The lowest BCUT2D eigenvalue weighted by molar-refractivity contribution is -0.207. The first-order valence-electron chi connectivity index (χ1n) is 4.98. The molecule has 4 heteroatoms. The fourth-order valence-electron chi connectivity index (χ4n) is 1.59. The van der Waals surface area contributed by atoms with Crippen LogP contribution < -0.4 is 0 Å². The Labute approximate surface area is 92.9 Å². The number of hydrogen-bond acceptors (Lipinski definition) is 1. The second kappa shape index (κ2) is 4.09. The minimum atomic E-state index is -4.62. The van der Waals surface area contributed by atoms with Gasteiger partial charge in [0.1, 0.15) is 0 Å². The lowest BCUT2D eigenvalue weighted by Crippen LogP contribution is -2.24. The van der Waals surface area contributed by atoms with Crippen molar-refractivity contribution >= 4 is 0 Å². The third-order valence-electron chi connectivity index (χ3n) is 2.37. The lowest BCUT2D eigenvalue weighted by atomic mass is 9.82. The Morgan fingerprint density at radius 2 is 1.56 bits per heavy atom. The predicted molar refractivity (Wildman–Crippen MR) is 56.2 cm³/mol. The number of hydrogen-bond donors (Lipinski definition) is 1. The lowest BCUT2D eigenvalue weighted by Gasteiger charge is -2.26. The first kappa shape index (κ1) is 13.0. The van der Waals surface area contributed by atoms with Gasteiger partial charge in [0.2, 0.25) is 0 Å². The Hall–Kier alpha value is -1.03. The van der Waals surface area contributed by atoms with Crippen LogP contribution in [0.3, 0.4) is 0 Å². The molecule has 1 aromatic rings. The molecule has 0 aromatic heterocycles. The molecule has 0 bridgehead atoms. The summed E-state index contributed by atoms with van der Waals surface area (Å²) in [6.45, 7) is 5.44. The van der Waals surface area contributed by atoms with Crippen LogP contribution in [0.4, 0.5) is 13.2 Å². The van der Waals surface area contributed by atoms with Crippen LogP contribution in [0.15, 0.2) is 24.3 Å². The summed E-state index contributed by atoms with van der Waals surface area (Å²) >= 11 is 0. The highest BCUT2D eigenvalue weighted by molar-refractivity contribution is 5.35. The molecule has 1 atom stereocenters. The molecule has 16 heavy (non-hydrogen) atoms. The molecule has 0 amide bonds. The molecule has 1 rings (SSSR count). The smallest absolute Gasteiger partial charge is 0.379 e. The number of rotatable bonds is 1. The zero-order chi connectivity index (χ0) is 12.6. The van der Waals surface area contributed by atoms with Crippen molar-refractivity contribution in [1.82, 2.24) is 0 Å². The first-order chi connectivity index (χ1) is 7.14. The molecule has 1 aromatic carbocycles. The Kier molecular flexibility index (Phi) is 3.33. The summed E-state index contributed by atoms with van der Waals surface area (Å²) in [4.78, 5) is 0. The van der Waals surface area contributed by atoms with Gasteiger partial charge >= 0.3 is 6.18 Å². The van der Waals surface area contributed by atoms with Crippen LogP contribution in [0.2, 0.25) is 0 Å². The SMILES string of the molecule is CC(C)(C)c1ccccc1[C@@H](O)C(F)(F)F. The molecular formula is C12H15F3O. The summed E-state index contributed by atoms with van der Waals surface area (Å²) in [6.07, 6.45) is -7.04. The fourth-order valence-corrected chi connectivity index (χ4v) is 1.59. The van der Waals surface area contributed by atoms with Crippen LogP contribution in [0, 0.1) is 0 Å². The van der Waals surface area contributed by atoms with Crippen molar-refractivity contribution in [3.63, 3.8) is 0 Å². The van der Waals surface area contributed by atoms with Crippen LogP contribution in [0.1, 0.15) is 38.0 Å². The van der Waals surface area contributed by atoms with Gasteiger partial charge in [0.05, 0.1) is 0 Å². The van der Waals surface area contributed by atoms with E-state index in [1.807, 2.05) is 20.8 Å². The average Bonchev–Trinajstić information content (AvgIpc) is 2.14. The van der Waals surface area contributed by atoms with Gasteiger partial charge in [0.15, 0.2) is 6.10 Å². The van der Waals surface area contributed by atoms with Crippen LogP contribution in [0.25, 0.3) is 0 Å². The van der Waals surface area contributed by atoms with Crippen molar-refractivity contribution in [2.75, 3.05) is 0 Å². The summed E-state index contributed by atoms with van der Waals surface area (Å²) in [5, 5.41) is 9.28. The minimum Gasteiger partial charge on any atom is -0.379 e. The maximum Gasteiger partial charge on any atom is 0.418 e. The van der Waals surface area contributed by atoms with Gasteiger partial charge in [-0.05, 0) is 16.5 Å². The Morgan fingerprint density at radius 3 is 2.00 bits per heavy atom. The molecular weight excluding hydrogens is 217 g/mol. The van der Waals surface area contributed by atoms with E-state index in [1.165, 1.54) is 12.1 Å². The van der Waals surface area contributed by atoms with E-state index in [2.05, 4.69) is 0 Å². The number of alkyl halides is 3. The zero-order valence-electron chi connectivity index (χ0n) is 9.47. The van der Waals surface area contributed by atoms with Crippen LogP contribution in [-0.4, -0.2) is 11.3 Å². The van der Waals surface area contributed by atoms with E-state index in [-0.39, 0.29) is 5.56 Å². The van der Waals surface area contributed by atoms with Gasteiger partial charge < -0.3 is 5.11 Å². The molecule has 0 aliphatic heterocycles. The molecule has 0 radical (unpaired) electrons. The van der Waals surface area contributed by atoms with E-state index in [0.29, 0.717) is 5.56 Å². The maximum atomic E-state index is 12.5. The van der Waals surface area contributed by atoms with Gasteiger partial charge in [-0.2, -0.15) is 13.2 Å². The van der Waals surface area contributed by atoms with E-state index in [0.717, 1.165) is 0 Å². The molecule has 0 saturated heterocycles. The highest BCUT2D eigenvalue weighted by Crippen LogP contribution is 2.37. The highest BCUT2D eigenvalue weighted by Gasteiger charge is 2.41. The van der Waals surface area contributed by atoms with E-state index in [4.69, 9.17) is 0 Å². The predicted octanol–water partition coefficient (Wildman–Crippen LogP) is 3.58. The molecule has 0 fully saturated rings. The van der Waals surface area contributed by atoms with Crippen molar-refractivity contribution in [2.24, 2.45) is 0 Å². The molecule has 0 spiro atoms. The number of halogens is 3. The van der Waals surface area contributed by atoms with E-state index < -0.39 is 17.7 Å². The maximum absolute atomic E-state index is 12.5. The van der Waals surface area contributed by atoms with Gasteiger partial charge in [-0.3, -0.25) is 0 Å². The second-order valence-corrected chi connectivity index (χ2v) is 4.78. The summed E-state index contributed by atoms with van der Waals surface area (Å²) in [5.41, 5.74) is 0.0188. The van der Waals surface area contributed by atoms with Crippen molar-refractivity contribution < 1.29 is 18.3 Å². The highest BCUT2D eigenvalue weighted by atomic mass is 19.4. The van der Waals surface area contributed by atoms with Gasteiger partial charge in [0.25, 0.3) is 0 Å². The van der Waals surface area contributed by atoms with Crippen molar-refractivity contribution in [3.8, 4) is 0 Å². The Balaban J connectivity index is 3.25. The largest absolute Gasteiger partial charge is 0.418 e. The molecule has 1 N–H and O–H groups in total. The standard InChI is InChI=1S/C12H15F3O/c1-11(2,3)9-7-5-4-6-8(9)10(16)12(13,14)15/h4-7,10,16H,1-3H3/t10-/m1/s1. The average molecular weight is 232 g/mol. The number of aliphatic hydroxyl groups is 1. The first-order valence-corrected chi connectivity index (χ1v) is 4.98. The number of aliphatic hydroxyl groups excluding tert-OH is 1. The van der Waals surface area contributed by atoms with Crippen molar-refractivity contribution in [1.29, 1.82) is 0 Å². The van der Waals surface area contributed by atoms with Gasteiger partial charge in [-0.15, -0.1) is 0 Å². The van der Waals surface area contributed by atoms with E-state index in [9.17, 15) is 18.3 Å². The molecule has 90 valence electrons. The molecule has 1 nitrogen and oxygen atoms in total. The second-order valence-electron chi connectivity index (χ2n) is 4.78. The van der Waals surface area contributed by atoms with E-state index >= 15 is 0 Å². The fraction of sp³-hybridized carbons (Fsp3) is 0.500. The Morgan fingerprint density at radius 1 is 1.06 bits per heavy atom. The van der Waals surface area contributed by atoms with Crippen LogP contribution >= 0.6 is 0 Å². The van der Waals surface area contributed by atoms with E-state index in [1.54, 1.807) is 12.1 Å². The van der Waals surface area contributed by atoms with Crippen molar-refractivity contribution in [2.45, 2.75) is 38.5 Å². The van der Waals surface area contributed by atoms with Crippen molar-refractivity contribution in [3.05, 3.63) is 35.4 Å². The minimum absolute atomic E-state index is 0.0671. The van der Waals surface area contributed by atoms with Gasteiger partial charge in [0, 0.05) is 0 Å². The van der Waals surface area contributed by atoms with Gasteiger partial charge in [-0.1, -0.05) is 45.0 Å². The molecule has 0 aliphatic carbocycles. The Bertz CT molecular complexity index is 363. The third kappa shape index (κ3) is 2.76. The molecule has 0 heterocycles. The van der Waals surface area contributed by atoms with Gasteiger partial charge in [-0.25, -0.2) is 0 Å². The molecule has 0 unspecified atom stereocenters. The summed E-state index contributed by atoms with van der Waals surface area (Å²) < 4.78 is 37.4. The summed E-state index contributed by atoms with van der Waals surface area (Å²) in [7, 11) is 0. The van der Waals surface area contributed by atoms with Crippen LogP contribution in [-0.2, 0) is 5.41 Å². The summed E-state index contributed by atoms with van der Waals surface area (Å²) in [6, 6.07) is 6.11. The third-order valence-corrected chi connectivity index (χ3v) is 2.37. The zero-order valence-corrected chi connectivity index (χ0v) is 9.47. The summed E-state index contributed by atoms with van der Waals surface area (Å²) in [5.74, 6) is 0. The normalized spacial score (nSPS) is 14.9. The monoisotopic (exact) mass is 232 g/mol. The molecule has 0 saturated carbocycles. The van der Waals surface area contributed by atoms with Crippen LogP contribution in [0.5, 0.6) is 0 Å².